The summed E-state index contributed by atoms with van der Waals surface area (Å²) in [5, 5.41) is 6.34. The van der Waals surface area contributed by atoms with Crippen molar-refractivity contribution in [2.24, 2.45) is 0 Å². The Labute approximate surface area is 111 Å². The molecule has 0 aromatic carbocycles. The Morgan fingerprint density at radius 3 is 2.22 bits per heavy atom. The lowest BCUT2D eigenvalue weighted by Crippen LogP contribution is -2.54. The van der Waals surface area contributed by atoms with E-state index in [2.05, 4.69) is 29.6 Å². The molecule has 1 rings (SSSR count). The minimum absolute atomic E-state index is 0.0944. The Balaban J connectivity index is 2.45. The molecule has 106 valence electrons. The lowest BCUT2D eigenvalue weighted by atomic mass is 9.95. The largest absolute Gasteiger partial charge is 0.353 e. The van der Waals surface area contributed by atoms with Crippen molar-refractivity contribution in [1.29, 1.82) is 0 Å². The molecule has 0 radical (unpaired) electrons. The number of carbonyl (C=O) groups excluding carboxylic acids is 1. The highest BCUT2D eigenvalue weighted by Crippen LogP contribution is 2.33. The van der Waals surface area contributed by atoms with Crippen LogP contribution in [0.4, 0.5) is 0 Å². The Hall–Kier alpha value is -0.610. The van der Waals surface area contributed by atoms with Gasteiger partial charge in [0, 0.05) is 18.1 Å². The number of carbonyl (C=O) groups is 1. The van der Waals surface area contributed by atoms with Crippen molar-refractivity contribution in [3.05, 3.63) is 0 Å². The van der Waals surface area contributed by atoms with E-state index in [9.17, 15) is 4.79 Å². The summed E-state index contributed by atoms with van der Waals surface area (Å²) >= 11 is 0. The molecule has 1 saturated carbocycles. The zero-order chi connectivity index (χ0) is 13.8. The number of nitrogens with zero attached hydrogens (tertiary/aromatic N) is 1. The third-order valence-corrected chi connectivity index (χ3v) is 4.04. The van der Waals surface area contributed by atoms with Crippen molar-refractivity contribution in [3.8, 4) is 0 Å². The highest BCUT2D eigenvalue weighted by atomic mass is 16.2. The lowest BCUT2D eigenvalue weighted by Gasteiger charge is -2.37. The van der Waals surface area contributed by atoms with E-state index in [0.29, 0.717) is 0 Å². The van der Waals surface area contributed by atoms with Crippen molar-refractivity contribution in [3.63, 3.8) is 0 Å². The number of amides is 1. The van der Waals surface area contributed by atoms with Crippen molar-refractivity contribution >= 4 is 5.91 Å². The molecule has 0 heterocycles. The van der Waals surface area contributed by atoms with Crippen molar-refractivity contribution in [2.75, 3.05) is 20.6 Å². The second-order valence-electron chi connectivity index (χ2n) is 6.09. The van der Waals surface area contributed by atoms with Crippen LogP contribution in [0, 0.1) is 0 Å². The molecule has 0 aromatic rings. The normalized spacial score (nSPS) is 20.4. The van der Waals surface area contributed by atoms with E-state index in [-0.39, 0.29) is 23.5 Å². The minimum atomic E-state index is -0.121. The molecular formula is C14H29N3O. The Morgan fingerprint density at radius 1 is 1.22 bits per heavy atom. The molecule has 1 aliphatic carbocycles. The second kappa shape index (κ2) is 6.53. The second-order valence-corrected chi connectivity index (χ2v) is 6.09. The molecule has 1 aliphatic rings. The van der Waals surface area contributed by atoms with Crippen LogP contribution in [0.5, 0.6) is 0 Å². The summed E-state index contributed by atoms with van der Waals surface area (Å²) in [6, 6.07) is 0.0841. The average Bonchev–Trinajstić information content (AvgIpc) is 2.74. The first kappa shape index (κ1) is 15.4. The van der Waals surface area contributed by atoms with Crippen molar-refractivity contribution in [2.45, 2.75) is 64.1 Å². The number of hydrogen-bond acceptors (Lipinski definition) is 3. The molecule has 0 aliphatic heterocycles. The van der Waals surface area contributed by atoms with E-state index in [1.165, 1.54) is 25.7 Å². The SMILES string of the molecule is CC(C)NC(=O)C(C)NCC1(N(C)C)CCCC1. The van der Waals surface area contributed by atoms with E-state index in [4.69, 9.17) is 0 Å². The lowest BCUT2D eigenvalue weighted by molar-refractivity contribution is -0.123. The van der Waals surface area contributed by atoms with Gasteiger partial charge in [-0.3, -0.25) is 4.79 Å². The van der Waals surface area contributed by atoms with E-state index in [0.717, 1.165) is 6.54 Å². The van der Waals surface area contributed by atoms with Crippen LogP contribution in [-0.4, -0.2) is 49.1 Å². The zero-order valence-electron chi connectivity index (χ0n) is 12.5. The zero-order valence-corrected chi connectivity index (χ0v) is 12.5. The molecular weight excluding hydrogens is 226 g/mol. The quantitative estimate of drug-likeness (QED) is 0.753. The highest BCUT2D eigenvalue weighted by Gasteiger charge is 2.36. The van der Waals surface area contributed by atoms with Gasteiger partial charge in [-0.25, -0.2) is 0 Å². The van der Waals surface area contributed by atoms with Crippen LogP contribution in [0.25, 0.3) is 0 Å². The van der Waals surface area contributed by atoms with Crippen LogP contribution >= 0.6 is 0 Å². The fraction of sp³-hybridized carbons (Fsp3) is 0.929. The van der Waals surface area contributed by atoms with Gasteiger partial charge in [-0.15, -0.1) is 0 Å². The first-order valence-corrected chi connectivity index (χ1v) is 7.08. The molecule has 0 saturated heterocycles. The van der Waals surface area contributed by atoms with Gasteiger partial charge < -0.3 is 15.5 Å². The molecule has 1 amide bonds. The topological polar surface area (TPSA) is 44.4 Å². The Morgan fingerprint density at radius 2 is 1.78 bits per heavy atom. The standard InChI is InChI=1S/C14H29N3O/c1-11(2)16-13(18)12(3)15-10-14(17(4)5)8-6-7-9-14/h11-12,15H,6-10H2,1-5H3,(H,16,18). The van der Waals surface area contributed by atoms with Gasteiger partial charge in [-0.05, 0) is 47.7 Å². The third-order valence-electron chi connectivity index (χ3n) is 4.04. The van der Waals surface area contributed by atoms with Gasteiger partial charge in [0.1, 0.15) is 0 Å². The van der Waals surface area contributed by atoms with E-state index < -0.39 is 0 Å². The number of rotatable bonds is 6. The van der Waals surface area contributed by atoms with Gasteiger partial charge in [0.25, 0.3) is 0 Å². The van der Waals surface area contributed by atoms with Crippen LogP contribution in [0.3, 0.4) is 0 Å². The molecule has 0 spiro atoms. The Kier molecular flexibility index (Phi) is 5.60. The monoisotopic (exact) mass is 255 g/mol. The summed E-state index contributed by atoms with van der Waals surface area (Å²) in [6.07, 6.45) is 5.05. The number of hydrogen-bond donors (Lipinski definition) is 2. The van der Waals surface area contributed by atoms with Gasteiger partial charge in [0.05, 0.1) is 6.04 Å². The van der Waals surface area contributed by atoms with Gasteiger partial charge >= 0.3 is 0 Å². The summed E-state index contributed by atoms with van der Waals surface area (Å²) in [5.74, 6) is 0.0944. The fourth-order valence-corrected chi connectivity index (χ4v) is 2.66. The molecule has 0 aromatic heterocycles. The van der Waals surface area contributed by atoms with E-state index in [1.807, 2.05) is 20.8 Å². The minimum Gasteiger partial charge on any atom is -0.353 e. The van der Waals surface area contributed by atoms with E-state index in [1.54, 1.807) is 0 Å². The van der Waals surface area contributed by atoms with Gasteiger partial charge in [0.2, 0.25) is 5.91 Å². The highest BCUT2D eigenvalue weighted by molar-refractivity contribution is 5.81. The average molecular weight is 255 g/mol. The maximum Gasteiger partial charge on any atom is 0.237 e. The summed E-state index contributed by atoms with van der Waals surface area (Å²) in [5.41, 5.74) is 0.242. The summed E-state index contributed by atoms with van der Waals surface area (Å²) in [7, 11) is 4.29. The van der Waals surface area contributed by atoms with Crippen LogP contribution in [0.1, 0.15) is 46.5 Å². The molecule has 4 heteroatoms. The number of likely N-dealkylation sites (N-methyl/N-ethyl adjacent to an activating group) is 1. The molecule has 2 N–H and O–H groups in total. The smallest absolute Gasteiger partial charge is 0.237 e. The molecule has 0 bridgehead atoms. The van der Waals surface area contributed by atoms with Gasteiger partial charge in [-0.2, -0.15) is 0 Å². The maximum absolute atomic E-state index is 11.8. The summed E-state index contributed by atoms with van der Waals surface area (Å²) < 4.78 is 0. The van der Waals surface area contributed by atoms with Crippen LogP contribution in [-0.2, 0) is 4.79 Å². The van der Waals surface area contributed by atoms with Crippen molar-refractivity contribution < 1.29 is 4.79 Å². The fourth-order valence-electron chi connectivity index (χ4n) is 2.66. The maximum atomic E-state index is 11.8. The summed E-state index contributed by atoms with van der Waals surface area (Å²) in [6.45, 7) is 6.81. The van der Waals surface area contributed by atoms with Crippen LogP contribution in [0.2, 0.25) is 0 Å². The van der Waals surface area contributed by atoms with Crippen LogP contribution < -0.4 is 10.6 Å². The predicted molar refractivity (Wildman–Crippen MR) is 75.6 cm³/mol. The van der Waals surface area contributed by atoms with Crippen molar-refractivity contribution in [1.82, 2.24) is 15.5 Å². The number of nitrogens with one attached hydrogen (secondary N) is 2. The molecule has 1 fully saturated rings. The van der Waals surface area contributed by atoms with Gasteiger partial charge in [0.15, 0.2) is 0 Å². The first-order valence-electron chi connectivity index (χ1n) is 7.08. The Bertz CT molecular complexity index is 270. The predicted octanol–water partition coefficient (Wildman–Crippen LogP) is 1.36. The molecule has 18 heavy (non-hydrogen) atoms. The first-order chi connectivity index (χ1) is 8.37. The van der Waals surface area contributed by atoms with Crippen LogP contribution in [0.15, 0.2) is 0 Å². The summed E-state index contributed by atoms with van der Waals surface area (Å²) in [4.78, 5) is 14.2. The molecule has 1 unspecified atom stereocenters. The third kappa shape index (κ3) is 3.95. The molecule has 1 atom stereocenters. The molecule has 4 nitrogen and oxygen atoms in total. The van der Waals surface area contributed by atoms with Gasteiger partial charge in [-0.1, -0.05) is 12.8 Å². The van der Waals surface area contributed by atoms with E-state index >= 15 is 0 Å².